The zero-order valence-corrected chi connectivity index (χ0v) is 12.8. The highest BCUT2D eigenvalue weighted by molar-refractivity contribution is 7.99. The molecule has 3 nitrogen and oxygen atoms in total. The van der Waals surface area contributed by atoms with Gasteiger partial charge in [-0.1, -0.05) is 0 Å². The van der Waals surface area contributed by atoms with Crippen molar-refractivity contribution in [2.24, 2.45) is 0 Å². The average Bonchev–Trinajstić information content (AvgIpc) is 2.38. The van der Waals surface area contributed by atoms with E-state index in [-0.39, 0.29) is 23.7 Å². The summed E-state index contributed by atoms with van der Waals surface area (Å²) in [6, 6.07) is 4.95. The number of halogens is 1. The lowest BCUT2D eigenvalue weighted by Crippen LogP contribution is -2.42. The number of rotatable bonds is 2. The van der Waals surface area contributed by atoms with Gasteiger partial charge in [-0.2, -0.15) is 0 Å². The van der Waals surface area contributed by atoms with Gasteiger partial charge in [0.1, 0.15) is 5.82 Å². The Hall–Kier alpha value is -0.590. The molecule has 0 bridgehead atoms. The van der Waals surface area contributed by atoms with Gasteiger partial charge in [0, 0.05) is 17.0 Å². The van der Waals surface area contributed by atoms with Crippen LogP contribution in [0.4, 0.5) is 4.39 Å². The molecule has 0 spiro atoms. The first-order valence-electron chi connectivity index (χ1n) is 6.92. The van der Waals surface area contributed by atoms with Crippen LogP contribution in [0.1, 0.15) is 30.9 Å². The molecule has 6 heteroatoms. The van der Waals surface area contributed by atoms with Crippen molar-refractivity contribution in [3.8, 4) is 0 Å². The van der Waals surface area contributed by atoms with Crippen molar-refractivity contribution in [1.82, 2.24) is 5.32 Å². The van der Waals surface area contributed by atoms with Gasteiger partial charge in [0.25, 0.3) is 0 Å². The zero-order chi connectivity index (χ0) is 14.2. The second kappa shape index (κ2) is 5.66. The summed E-state index contributed by atoms with van der Waals surface area (Å²) in [5.41, 5.74) is 0.976. The molecule has 1 saturated heterocycles. The number of benzene rings is 1. The van der Waals surface area contributed by atoms with Gasteiger partial charge >= 0.3 is 0 Å². The second-order valence-electron chi connectivity index (χ2n) is 5.49. The summed E-state index contributed by atoms with van der Waals surface area (Å²) in [5.74, 6) is 1.27. The van der Waals surface area contributed by atoms with Gasteiger partial charge in [-0.15, -0.1) is 11.8 Å². The number of thioether (sulfide) groups is 1. The van der Waals surface area contributed by atoms with Crippen LogP contribution in [0, 0.1) is 5.82 Å². The van der Waals surface area contributed by atoms with E-state index in [0.717, 1.165) is 35.5 Å². The van der Waals surface area contributed by atoms with E-state index in [1.165, 1.54) is 6.07 Å². The van der Waals surface area contributed by atoms with Crippen molar-refractivity contribution < 1.29 is 12.8 Å². The molecule has 0 aliphatic carbocycles. The fourth-order valence-corrected chi connectivity index (χ4v) is 5.73. The molecular formula is C14H18FNO2S2. The van der Waals surface area contributed by atoms with E-state index in [1.54, 1.807) is 17.8 Å². The van der Waals surface area contributed by atoms with Crippen molar-refractivity contribution in [2.75, 3.05) is 17.3 Å². The lowest BCUT2D eigenvalue weighted by atomic mass is 10.0. The van der Waals surface area contributed by atoms with Gasteiger partial charge < -0.3 is 5.32 Å². The fraction of sp³-hybridized carbons (Fsp3) is 0.571. The van der Waals surface area contributed by atoms with Crippen LogP contribution in [0.5, 0.6) is 0 Å². The molecule has 3 rings (SSSR count). The molecule has 20 heavy (non-hydrogen) atoms. The lowest BCUT2D eigenvalue weighted by Gasteiger charge is -2.32. The van der Waals surface area contributed by atoms with Gasteiger partial charge in [0.2, 0.25) is 0 Å². The van der Waals surface area contributed by atoms with E-state index in [0.29, 0.717) is 5.75 Å². The maximum atomic E-state index is 13.4. The van der Waals surface area contributed by atoms with E-state index in [4.69, 9.17) is 0 Å². The minimum atomic E-state index is -2.91. The fourth-order valence-electron chi connectivity index (χ4n) is 2.98. The maximum absolute atomic E-state index is 13.4. The van der Waals surface area contributed by atoms with Crippen molar-refractivity contribution in [3.63, 3.8) is 0 Å². The van der Waals surface area contributed by atoms with E-state index in [9.17, 15) is 12.8 Å². The van der Waals surface area contributed by atoms with E-state index in [1.807, 2.05) is 6.07 Å². The van der Waals surface area contributed by atoms with Crippen molar-refractivity contribution in [1.29, 1.82) is 0 Å². The monoisotopic (exact) mass is 315 g/mol. The van der Waals surface area contributed by atoms with Crippen LogP contribution < -0.4 is 5.32 Å². The first-order valence-corrected chi connectivity index (χ1v) is 9.73. The number of hydrogen-bond acceptors (Lipinski definition) is 4. The Morgan fingerprint density at radius 2 is 2.15 bits per heavy atom. The van der Waals surface area contributed by atoms with Gasteiger partial charge in [-0.25, -0.2) is 12.8 Å². The van der Waals surface area contributed by atoms with Gasteiger partial charge in [0.05, 0.1) is 11.5 Å². The van der Waals surface area contributed by atoms with Gasteiger partial charge in [-0.05, 0) is 48.8 Å². The molecule has 2 unspecified atom stereocenters. The molecule has 2 aliphatic heterocycles. The Balaban J connectivity index is 1.77. The molecule has 1 aromatic carbocycles. The van der Waals surface area contributed by atoms with Crippen molar-refractivity contribution in [2.45, 2.75) is 36.2 Å². The molecule has 0 aromatic heterocycles. The van der Waals surface area contributed by atoms with Crippen LogP contribution in [-0.2, 0) is 9.84 Å². The Labute approximate surface area is 123 Å². The lowest BCUT2D eigenvalue weighted by molar-refractivity contribution is 0.408. The first-order chi connectivity index (χ1) is 9.53. The number of hydrogen-bond donors (Lipinski definition) is 1. The molecule has 2 heterocycles. The first kappa shape index (κ1) is 14.4. The van der Waals surface area contributed by atoms with E-state index >= 15 is 0 Å². The molecule has 2 aliphatic rings. The standard InChI is InChI=1S/C14H18FNO2S2/c15-10-3-4-14-12(8-10)13(5-6-19-14)16-11-2-1-7-20(17,18)9-11/h3-4,8,11,13,16H,1-2,5-7,9H2. The summed E-state index contributed by atoms with van der Waals surface area (Å²) in [6.07, 6.45) is 2.52. The third-order valence-corrected chi connectivity index (χ3v) is 6.85. The highest BCUT2D eigenvalue weighted by Crippen LogP contribution is 2.37. The molecule has 1 fully saturated rings. The van der Waals surface area contributed by atoms with Crippen molar-refractivity contribution >= 4 is 21.6 Å². The van der Waals surface area contributed by atoms with Gasteiger partial charge in [-0.3, -0.25) is 0 Å². The molecule has 0 saturated carbocycles. The largest absolute Gasteiger partial charge is 0.306 e. The second-order valence-corrected chi connectivity index (χ2v) is 8.86. The van der Waals surface area contributed by atoms with Crippen LogP contribution >= 0.6 is 11.8 Å². The third kappa shape index (κ3) is 3.18. The Morgan fingerprint density at radius 1 is 1.30 bits per heavy atom. The van der Waals surface area contributed by atoms with Crippen LogP contribution in [0.3, 0.4) is 0 Å². The third-order valence-electron chi connectivity index (χ3n) is 3.91. The Kier molecular flexibility index (Phi) is 4.06. The normalized spacial score (nSPS) is 28.9. The van der Waals surface area contributed by atoms with Crippen molar-refractivity contribution in [3.05, 3.63) is 29.6 Å². The highest BCUT2D eigenvalue weighted by Gasteiger charge is 2.29. The molecule has 0 amide bonds. The predicted octanol–water partition coefficient (Wildman–Crippen LogP) is 2.53. The molecule has 2 atom stereocenters. The minimum Gasteiger partial charge on any atom is -0.306 e. The summed E-state index contributed by atoms with van der Waals surface area (Å²) in [7, 11) is -2.91. The predicted molar refractivity (Wildman–Crippen MR) is 79.3 cm³/mol. The molecule has 1 aromatic rings. The van der Waals surface area contributed by atoms with E-state index < -0.39 is 9.84 Å². The number of nitrogens with one attached hydrogen (secondary N) is 1. The highest BCUT2D eigenvalue weighted by atomic mass is 32.2. The maximum Gasteiger partial charge on any atom is 0.151 e. The van der Waals surface area contributed by atoms with E-state index in [2.05, 4.69) is 5.32 Å². The summed E-state index contributed by atoms with van der Waals surface area (Å²) >= 11 is 1.74. The number of sulfone groups is 1. The van der Waals surface area contributed by atoms with Crippen LogP contribution in [0.25, 0.3) is 0 Å². The SMILES string of the molecule is O=S1(=O)CCCC(NC2CCSc3ccc(F)cc32)C1. The summed E-state index contributed by atoms with van der Waals surface area (Å²) in [4.78, 5) is 1.11. The Morgan fingerprint density at radius 3 is 2.95 bits per heavy atom. The van der Waals surface area contributed by atoms with Crippen LogP contribution in [0.15, 0.2) is 23.1 Å². The quantitative estimate of drug-likeness (QED) is 0.911. The molecule has 1 N–H and O–H groups in total. The topological polar surface area (TPSA) is 46.2 Å². The van der Waals surface area contributed by atoms with Crippen LogP contribution in [-0.4, -0.2) is 31.7 Å². The van der Waals surface area contributed by atoms with Crippen LogP contribution in [0.2, 0.25) is 0 Å². The number of fused-ring (bicyclic) bond motifs is 1. The zero-order valence-electron chi connectivity index (χ0n) is 11.1. The molecular weight excluding hydrogens is 297 g/mol. The minimum absolute atomic E-state index is 0.00188. The summed E-state index contributed by atoms with van der Waals surface area (Å²) in [6.45, 7) is 0. The molecule has 110 valence electrons. The van der Waals surface area contributed by atoms with Gasteiger partial charge in [0.15, 0.2) is 9.84 Å². The smallest absolute Gasteiger partial charge is 0.151 e. The Bertz CT molecular complexity index is 603. The average molecular weight is 315 g/mol. The summed E-state index contributed by atoms with van der Waals surface area (Å²) in [5, 5.41) is 3.44. The summed E-state index contributed by atoms with van der Waals surface area (Å²) < 4.78 is 36.8. The molecule has 0 radical (unpaired) electrons.